The summed E-state index contributed by atoms with van der Waals surface area (Å²) in [5.41, 5.74) is -0.170. The summed E-state index contributed by atoms with van der Waals surface area (Å²) in [6, 6.07) is 4.43. The average molecular weight is 263 g/mol. The van der Waals surface area contributed by atoms with Crippen LogP contribution in [0.2, 0.25) is 0 Å². The van der Waals surface area contributed by atoms with Gasteiger partial charge in [0.1, 0.15) is 0 Å². The Morgan fingerprint density at radius 2 is 2.18 bits per heavy atom. The zero-order valence-corrected chi connectivity index (χ0v) is 7.53. The molecule has 1 rings (SSSR count). The van der Waals surface area contributed by atoms with Gasteiger partial charge < -0.3 is 10.2 Å². The van der Waals surface area contributed by atoms with Crippen LogP contribution in [0.25, 0.3) is 0 Å². The van der Waals surface area contributed by atoms with Crippen molar-refractivity contribution in [2.75, 3.05) is 0 Å². The molecule has 0 fully saturated rings. The molecular formula is C7H4IO3-. The van der Waals surface area contributed by atoms with Crippen molar-refractivity contribution < 1.29 is 15.0 Å². The zero-order chi connectivity index (χ0) is 8.43. The maximum Gasteiger partial charge on any atom is 0.335 e. The highest BCUT2D eigenvalue weighted by Crippen LogP contribution is 2.20. The van der Waals surface area contributed by atoms with Crippen LogP contribution < -0.4 is 5.11 Å². The molecule has 0 unspecified atom stereocenters. The normalized spacial score (nSPS) is 9.55. The van der Waals surface area contributed by atoms with Gasteiger partial charge in [0.2, 0.25) is 0 Å². The minimum atomic E-state index is -1.17. The van der Waals surface area contributed by atoms with E-state index in [0.29, 0.717) is 3.57 Å². The van der Waals surface area contributed by atoms with E-state index in [2.05, 4.69) is 0 Å². The van der Waals surface area contributed by atoms with E-state index in [1.165, 1.54) is 6.07 Å². The topological polar surface area (TPSA) is 60.4 Å². The van der Waals surface area contributed by atoms with Crippen LogP contribution in [0.5, 0.6) is 5.75 Å². The van der Waals surface area contributed by atoms with Gasteiger partial charge in [-0.2, -0.15) is 0 Å². The largest absolute Gasteiger partial charge is 0.871 e. The number of aromatic carboxylic acids is 1. The van der Waals surface area contributed by atoms with Gasteiger partial charge in [0.05, 0.1) is 5.56 Å². The van der Waals surface area contributed by atoms with Crippen LogP contribution >= 0.6 is 22.6 Å². The lowest BCUT2D eigenvalue weighted by Gasteiger charge is -2.11. The van der Waals surface area contributed by atoms with Crippen molar-refractivity contribution in [1.82, 2.24) is 0 Å². The Morgan fingerprint density at radius 1 is 1.55 bits per heavy atom. The van der Waals surface area contributed by atoms with E-state index in [9.17, 15) is 9.90 Å². The second-order valence-corrected chi connectivity index (χ2v) is 3.08. The zero-order valence-electron chi connectivity index (χ0n) is 5.37. The van der Waals surface area contributed by atoms with E-state index < -0.39 is 11.7 Å². The highest BCUT2D eigenvalue weighted by Gasteiger charge is 2.03. The molecule has 1 aromatic carbocycles. The number of benzene rings is 1. The molecule has 0 bridgehead atoms. The highest BCUT2D eigenvalue weighted by atomic mass is 127. The second-order valence-electron chi connectivity index (χ2n) is 1.92. The van der Waals surface area contributed by atoms with E-state index in [0.717, 1.165) is 0 Å². The number of carbonyl (C=O) groups is 1. The maximum atomic E-state index is 11.0. The Balaban J connectivity index is 3.27. The number of carboxylic acid groups (broad SMARTS) is 1. The average Bonchev–Trinajstić information content (AvgIpc) is 1.94. The van der Waals surface area contributed by atoms with Gasteiger partial charge in [-0.05, 0) is 34.7 Å². The number of para-hydroxylation sites is 1. The maximum absolute atomic E-state index is 11.0. The molecule has 0 heterocycles. The van der Waals surface area contributed by atoms with Crippen LogP contribution in [0.4, 0.5) is 0 Å². The lowest BCUT2D eigenvalue weighted by atomic mass is 10.2. The lowest BCUT2D eigenvalue weighted by molar-refractivity contribution is -0.270. The first-order valence-corrected chi connectivity index (χ1v) is 3.89. The first kappa shape index (κ1) is 8.32. The molecule has 0 saturated carbocycles. The van der Waals surface area contributed by atoms with Crippen LogP contribution in [0.1, 0.15) is 10.4 Å². The van der Waals surface area contributed by atoms with Crippen LogP contribution in [-0.4, -0.2) is 11.1 Å². The molecule has 1 aromatic rings. The number of hydrogen-bond acceptors (Lipinski definition) is 2. The number of rotatable bonds is 1. The van der Waals surface area contributed by atoms with Crippen LogP contribution in [-0.2, 0) is 0 Å². The summed E-state index contributed by atoms with van der Waals surface area (Å²) in [5.74, 6) is -1.59. The molecule has 3 nitrogen and oxygen atoms in total. The third-order valence-corrected chi connectivity index (χ3v) is 2.05. The molecule has 11 heavy (non-hydrogen) atoms. The summed E-state index contributed by atoms with van der Waals surface area (Å²) in [6.07, 6.45) is 0. The summed E-state index contributed by atoms with van der Waals surface area (Å²) in [5, 5.41) is 19.5. The fourth-order valence-electron chi connectivity index (χ4n) is 0.677. The van der Waals surface area contributed by atoms with Crippen molar-refractivity contribution in [3.63, 3.8) is 0 Å². The Kier molecular flexibility index (Phi) is 2.33. The van der Waals surface area contributed by atoms with Gasteiger partial charge in [0, 0.05) is 3.57 Å². The van der Waals surface area contributed by atoms with Crippen molar-refractivity contribution in [1.29, 1.82) is 0 Å². The van der Waals surface area contributed by atoms with Gasteiger partial charge in [-0.1, -0.05) is 11.8 Å². The van der Waals surface area contributed by atoms with E-state index in [1.807, 2.05) is 22.6 Å². The molecule has 0 aliphatic heterocycles. The first-order valence-electron chi connectivity index (χ1n) is 2.81. The third-order valence-electron chi connectivity index (χ3n) is 1.20. The molecule has 1 N–H and O–H groups in total. The van der Waals surface area contributed by atoms with Gasteiger partial charge in [-0.25, -0.2) is 4.79 Å². The van der Waals surface area contributed by atoms with E-state index in [4.69, 9.17) is 5.11 Å². The van der Waals surface area contributed by atoms with E-state index in [1.54, 1.807) is 12.1 Å². The number of carboxylic acids is 1. The smallest absolute Gasteiger partial charge is 0.335 e. The molecule has 0 radical (unpaired) electrons. The molecule has 58 valence electrons. The summed E-state index contributed by atoms with van der Waals surface area (Å²) in [4.78, 5) is 10.4. The molecule has 0 atom stereocenters. The standard InChI is InChI=1S/C7H5IO3/c8-5-3-1-2-4(6(5)9)7(10)11/h1-3,9H,(H,10,11)/p-1. The van der Waals surface area contributed by atoms with Crippen molar-refractivity contribution >= 4 is 28.6 Å². The Morgan fingerprint density at radius 3 is 2.64 bits per heavy atom. The second kappa shape index (κ2) is 3.08. The Bertz CT molecular complexity index is 296. The van der Waals surface area contributed by atoms with Crippen molar-refractivity contribution in [3.05, 3.63) is 27.3 Å². The highest BCUT2D eigenvalue weighted by molar-refractivity contribution is 14.1. The third kappa shape index (κ3) is 1.62. The predicted molar refractivity (Wildman–Crippen MR) is 45.6 cm³/mol. The van der Waals surface area contributed by atoms with Crippen LogP contribution in [0, 0.1) is 3.57 Å². The fraction of sp³-hybridized carbons (Fsp3) is 0. The van der Waals surface area contributed by atoms with Crippen molar-refractivity contribution in [2.24, 2.45) is 0 Å². The van der Waals surface area contributed by atoms with Gasteiger partial charge in [0.15, 0.2) is 0 Å². The molecular weight excluding hydrogens is 259 g/mol. The van der Waals surface area contributed by atoms with Gasteiger partial charge in [0.25, 0.3) is 0 Å². The summed E-state index contributed by atoms with van der Waals surface area (Å²) in [6.45, 7) is 0. The minimum absolute atomic E-state index is 0.170. The Hall–Kier alpha value is -0.780. The number of hydrogen-bond donors (Lipinski definition) is 1. The summed E-state index contributed by atoms with van der Waals surface area (Å²) < 4.78 is 0.433. The molecule has 0 amide bonds. The first-order chi connectivity index (χ1) is 5.13. The minimum Gasteiger partial charge on any atom is -0.871 e. The fourth-order valence-corrected chi connectivity index (χ4v) is 1.18. The van der Waals surface area contributed by atoms with Crippen LogP contribution in [0.15, 0.2) is 18.2 Å². The molecule has 0 aromatic heterocycles. The summed E-state index contributed by atoms with van der Waals surface area (Å²) in [7, 11) is 0. The quantitative estimate of drug-likeness (QED) is 0.771. The van der Waals surface area contributed by atoms with E-state index in [-0.39, 0.29) is 5.56 Å². The molecule has 4 heteroatoms. The molecule has 0 spiro atoms. The van der Waals surface area contributed by atoms with Gasteiger partial charge in [-0.3, -0.25) is 0 Å². The molecule has 0 aliphatic rings. The van der Waals surface area contributed by atoms with E-state index >= 15 is 0 Å². The van der Waals surface area contributed by atoms with Gasteiger partial charge in [-0.15, -0.1) is 0 Å². The van der Waals surface area contributed by atoms with Crippen LogP contribution in [0.3, 0.4) is 0 Å². The Labute approximate surface area is 76.8 Å². The lowest BCUT2D eigenvalue weighted by Crippen LogP contribution is -2.04. The van der Waals surface area contributed by atoms with Gasteiger partial charge >= 0.3 is 5.97 Å². The number of halogens is 1. The summed E-state index contributed by atoms with van der Waals surface area (Å²) >= 11 is 1.81. The molecule has 0 aliphatic carbocycles. The van der Waals surface area contributed by atoms with Crippen molar-refractivity contribution in [2.45, 2.75) is 0 Å². The molecule has 0 saturated heterocycles. The monoisotopic (exact) mass is 263 g/mol. The van der Waals surface area contributed by atoms with Crippen molar-refractivity contribution in [3.8, 4) is 5.75 Å². The SMILES string of the molecule is O=C(O)c1cccc(I)c1[O-]. The predicted octanol–water partition coefficient (Wildman–Crippen LogP) is 1.06.